The van der Waals surface area contributed by atoms with E-state index in [1.54, 1.807) is 52.1 Å². The maximum Gasteiger partial charge on any atom is 0.336 e. The van der Waals surface area contributed by atoms with Gasteiger partial charge in [-0.2, -0.15) is 0 Å². The summed E-state index contributed by atoms with van der Waals surface area (Å²) in [6.45, 7) is 7.39. The number of ether oxygens (including phenoxy) is 2. The van der Waals surface area contributed by atoms with E-state index in [0.717, 1.165) is 0 Å². The second-order valence-corrected chi connectivity index (χ2v) is 7.01. The molecule has 164 valence electrons. The third-order valence-corrected chi connectivity index (χ3v) is 4.89. The predicted octanol–water partition coefficient (Wildman–Crippen LogP) is 2.83. The van der Waals surface area contributed by atoms with Crippen molar-refractivity contribution in [2.45, 2.75) is 40.2 Å². The lowest BCUT2D eigenvalue weighted by Crippen LogP contribution is -2.32. The molecular weight excluding hydrogens is 403 g/mol. The zero-order chi connectivity index (χ0) is 22.5. The third kappa shape index (κ3) is 4.65. The van der Waals surface area contributed by atoms with Gasteiger partial charge < -0.3 is 14.8 Å². The van der Waals surface area contributed by atoms with Gasteiger partial charge in [0.1, 0.15) is 5.82 Å². The number of carbonyl (C=O) groups excluding carboxylic acids is 2. The maximum atomic E-state index is 14.0. The highest BCUT2D eigenvalue weighted by Crippen LogP contribution is 2.38. The summed E-state index contributed by atoms with van der Waals surface area (Å²) in [6.07, 6.45) is 1.60. The third-order valence-electron chi connectivity index (χ3n) is 4.89. The lowest BCUT2D eigenvalue weighted by atomic mass is 9.83. The van der Waals surface area contributed by atoms with Gasteiger partial charge in [-0.15, -0.1) is 5.10 Å². The number of dihydropyridines is 1. The second kappa shape index (κ2) is 9.55. The fourth-order valence-electron chi connectivity index (χ4n) is 3.57. The number of nitrogens with one attached hydrogen (secondary N) is 1. The molecule has 2 heterocycles. The molecule has 8 nitrogen and oxygen atoms in total. The fraction of sp³-hybridized carbons (Fsp3) is 0.364. The average Bonchev–Trinajstić information content (AvgIpc) is 3.17. The van der Waals surface area contributed by atoms with Gasteiger partial charge >= 0.3 is 11.9 Å². The molecule has 31 heavy (non-hydrogen) atoms. The lowest BCUT2D eigenvalue weighted by Gasteiger charge is -2.28. The molecule has 1 N–H and O–H groups in total. The van der Waals surface area contributed by atoms with E-state index in [1.165, 1.54) is 10.7 Å². The number of hydrogen-bond acceptors (Lipinski definition) is 7. The van der Waals surface area contributed by atoms with Crippen LogP contribution < -0.4 is 5.32 Å². The quantitative estimate of drug-likeness (QED) is 0.678. The summed E-state index contributed by atoms with van der Waals surface area (Å²) in [4.78, 5) is 25.5. The predicted molar refractivity (Wildman–Crippen MR) is 110 cm³/mol. The van der Waals surface area contributed by atoms with E-state index < -0.39 is 17.9 Å². The number of halogens is 1. The summed E-state index contributed by atoms with van der Waals surface area (Å²) in [5.41, 5.74) is 2.43. The monoisotopic (exact) mass is 428 g/mol. The number of hydrogen-bond donors (Lipinski definition) is 1. The number of esters is 2. The van der Waals surface area contributed by atoms with Gasteiger partial charge in [-0.3, -0.25) is 0 Å². The fourth-order valence-corrected chi connectivity index (χ4v) is 3.57. The van der Waals surface area contributed by atoms with Crippen LogP contribution in [0.15, 0.2) is 53.0 Å². The first kappa shape index (κ1) is 22.2. The van der Waals surface area contributed by atoms with Crippen LogP contribution in [0.2, 0.25) is 0 Å². The van der Waals surface area contributed by atoms with Crippen molar-refractivity contribution < 1.29 is 23.5 Å². The molecule has 1 aromatic heterocycles. The van der Waals surface area contributed by atoms with E-state index >= 15 is 0 Å². The van der Waals surface area contributed by atoms with Crippen LogP contribution >= 0.6 is 0 Å². The van der Waals surface area contributed by atoms with Crippen molar-refractivity contribution in [3.8, 4) is 0 Å². The van der Waals surface area contributed by atoms with Crippen LogP contribution in [0.25, 0.3) is 0 Å². The van der Waals surface area contributed by atoms with E-state index in [9.17, 15) is 14.0 Å². The first-order valence-electron chi connectivity index (χ1n) is 10.0. The summed E-state index contributed by atoms with van der Waals surface area (Å²) in [5, 5.41) is 11.4. The van der Waals surface area contributed by atoms with Crippen LogP contribution in [-0.2, 0) is 25.6 Å². The van der Waals surface area contributed by atoms with E-state index in [0.29, 0.717) is 22.7 Å². The molecule has 0 aliphatic carbocycles. The Labute approximate surface area is 179 Å². The van der Waals surface area contributed by atoms with E-state index in [4.69, 9.17) is 9.47 Å². The molecule has 0 bridgehead atoms. The largest absolute Gasteiger partial charge is 0.463 e. The minimum absolute atomic E-state index is 0.152. The zero-order valence-corrected chi connectivity index (χ0v) is 17.9. The molecule has 0 spiro atoms. The lowest BCUT2D eigenvalue weighted by molar-refractivity contribution is -0.139. The van der Waals surface area contributed by atoms with E-state index in [1.807, 2.05) is 0 Å². The van der Waals surface area contributed by atoms with Gasteiger partial charge in [0.15, 0.2) is 0 Å². The molecule has 1 aliphatic rings. The smallest absolute Gasteiger partial charge is 0.336 e. The summed E-state index contributed by atoms with van der Waals surface area (Å²) < 4.78 is 26.0. The minimum atomic E-state index is -0.825. The van der Waals surface area contributed by atoms with E-state index in [-0.39, 0.29) is 36.7 Å². The Morgan fingerprint density at radius 3 is 2.19 bits per heavy atom. The normalized spacial score (nSPS) is 14.5. The van der Waals surface area contributed by atoms with Crippen molar-refractivity contribution in [3.63, 3.8) is 0 Å². The van der Waals surface area contributed by atoms with Crippen LogP contribution in [0, 0.1) is 5.82 Å². The molecule has 0 unspecified atom stereocenters. The molecule has 1 aliphatic heterocycles. The van der Waals surface area contributed by atoms with Gasteiger partial charge in [-0.05, 0) is 33.8 Å². The number of allylic oxidation sites excluding steroid dienone is 2. The summed E-state index contributed by atoms with van der Waals surface area (Å²) >= 11 is 0. The number of benzene rings is 1. The van der Waals surface area contributed by atoms with Crippen LogP contribution in [0.4, 0.5) is 4.39 Å². The Morgan fingerprint density at radius 1 is 1.06 bits per heavy atom. The van der Waals surface area contributed by atoms with Crippen molar-refractivity contribution in [2.24, 2.45) is 0 Å². The molecule has 0 fully saturated rings. The Bertz CT molecular complexity index is 1020. The van der Waals surface area contributed by atoms with Gasteiger partial charge in [-0.1, -0.05) is 23.4 Å². The minimum Gasteiger partial charge on any atom is -0.463 e. The van der Waals surface area contributed by atoms with Gasteiger partial charge in [0, 0.05) is 23.2 Å². The molecule has 0 amide bonds. The molecule has 9 heteroatoms. The molecule has 0 saturated heterocycles. The molecular formula is C22H25FN4O4. The van der Waals surface area contributed by atoms with Crippen LogP contribution in [0.3, 0.4) is 0 Å². The Morgan fingerprint density at radius 2 is 1.65 bits per heavy atom. The summed E-state index contributed by atoms with van der Waals surface area (Å²) in [7, 11) is 0. The van der Waals surface area contributed by atoms with Crippen molar-refractivity contribution in [2.75, 3.05) is 13.2 Å². The van der Waals surface area contributed by atoms with Crippen LogP contribution in [0.1, 0.15) is 44.9 Å². The standard InChI is InChI=1S/C22H25FN4O4/c1-5-30-21(28)18-13(3)24-14(4)19(22(29)31-6-2)20(18)17-12-27(26-25-17)11-15-9-7-8-10-16(15)23/h7-10,12,20,24H,5-6,11H2,1-4H3. The molecule has 3 rings (SSSR count). The first-order valence-corrected chi connectivity index (χ1v) is 10.0. The van der Waals surface area contributed by atoms with Gasteiger partial charge in [0.2, 0.25) is 0 Å². The topological polar surface area (TPSA) is 95.3 Å². The first-order chi connectivity index (χ1) is 14.9. The van der Waals surface area contributed by atoms with Crippen molar-refractivity contribution in [1.82, 2.24) is 20.3 Å². The zero-order valence-electron chi connectivity index (χ0n) is 17.9. The highest BCUT2D eigenvalue weighted by molar-refractivity contribution is 5.99. The maximum absolute atomic E-state index is 14.0. The molecule has 0 atom stereocenters. The van der Waals surface area contributed by atoms with Crippen molar-refractivity contribution in [1.29, 1.82) is 0 Å². The highest BCUT2D eigenvalue weighted by atomic mass is 19.1. The Hall–Kier alpha value is -3.49. The number of aromatic nitrogens is 3. The molecule has 1 aromatic carbocycles. The SMILES string of the molecule is CCOC(=O)C1=C(C)NC(C)=C(C(=O)OCC)C1c1cn(Cc2ccccc2F)nn1. The molecule has 0 radical (unpaired) electrons. The second-order valence-electron chi connectivity index (χ2n) is 7.01. The summed E-state index contributed by atoms with van der Waals surface area (Å²) in [5.74, 6) is -2.30. The van der Waals surface area contributed by atoms with Gasteiger partial charge in [0.25, 0.3) is 0 Å². The molecule has 2 aromatic rings. The number of carbonyl (C=O) groups is 2. The van der Waals surface area contributed by atoms with Gasteiger partial charge in [0.05, 0.1) is 42.5 Å². The van der Waals surface area contributed by atoms with E-state index in [2.05, 4.69) is 15.6 Å². The average molecular weight is 428 g/mol. The van der Waals surface area contributed by atoms with Crippen molar-refractivity contribution in [3.05, 3.63) is 70.1 Å². The highest BCUT2D eigenvalue weighted by Gasteiger charge is 2.39. The Balaban J connectivity index is 2.04. The number of rotatable bonds is 7. The number of nitrogens with zero attached hydrogens (tertiary/aromatic N) is 3. The Kier molecular flexibility index (Phi) is 6.84. The van der Waals surface area contributed by atoms with Crippen LogP contribution in [-0.4, -0.2) is 40.1 Å². The van der Waals surface area contributed by atoms with Gasteiger partial charge in [-0.25, -0.2) is 18.7 Å². The van der Waals surface area contributed by atoms with Crippen molar-refractivity contribution >= 4 is 11.9 Å². The summed E-state index contributed by atoms with van der Waals surface area (Å²) in [6, 6.07) is 6.37. The molecule has 0 saturated carbocycles. The van der Waals surface area contributed by atoms with Crippen LogP contribution in [0.5, 0.6) is 0 Å².